The molecule has 27 heavy (non-hydrogen) atoms. The minimum Gasteiger partial charge on any atom is -0.462 e. The number of anilines is 1. The fourth-order valence-electron chi connectivity index (χ4n) is 3.34. The molecule has 1 aliphatic heterocycles. The Kier molecular flexibility index (Phi) is 6.58. The molecule has 0 aliphatic carbocycles. The smallest absolute Gasteiger partial charge is 0.338 e. The van der Waals surface area contributed by atoms with Crippen molar-refractivity contribution < 1.29 is 14.3 Å². The highest BCUT2D eigenvalue weighted by Crippen LogP contribution is 2.30. The highest BCUT2D eigenvalue weighted by Gasteiger charge is 2.21. The topological polar surface area (TPSA) is 71.5 Å². The summed E-state index contributed by atoms with van der Waals surface area (Å²) in [7, 11) is 0. The van der Waals surface area contributed by atoms with Gasteiger partial charge >= 0.3 is 5.97 Å². The molecule has 1 fully saturated rings. The van der Waals surface area contributed by atoms with Crippen LogP contribution in [0.15, 0.2) is 30.5 Å². The molecule has 1 aliphatic rings. The Balaban J connectivity index is 1.50. The number of esters is 1. The van der Waals surface area contributed by atoms with Crippen LogP contribution < -0.4 is 5.32 Å². The predicted octanol–water partition coefficient (Wildman–Crippen LogP) is 3.66. The number of piperidine rings is 1. The maximum atomic E-state index is 11.8. The molecule has 2 heterocycles. The van der Waals surface area contributed by atoms with E-state index < -0.39 is 0 Å². The molecule has 0 spiro atoms. The van der Waals surface area contributed by atoms with E-state index >= 15 is 0 Å². The molecule has 0 saturated carbocycles. The summed E-state index contributed by atoms with van der Waals surface area (Å²) in [4.78, 5) is 30.7. The van der Waals surface area contributed by atoms with Crippen LogP contribution in [0.3, 0.4) is 0 Å². The number of rotatable bonds is 6. The lowest BCUT2D eigenvalue weighted by atomic mass is 9.89. The molecule has 2 aromatic rings. The molecule has 0 bridgehead atoms. The number of ether oxygens (including phenoxy) is 1. The summed E-state index contributed by atoms with van der Waals surface area (Å²) >= 11 is 1.53. The quantitative estimate of drug-likeness (QED) is 0.766. The zero-order valence-corrected chi connectivity index (χ0v) is 16.6. The Morgan fingerprint density at radius 1 is 1.26 bits per heavy atom. The summed E-state index contributed by atoms with van der Waals surface area (Å²) in [5.41, 5.74) is 1.90. The molecule has 7 heteroatoms. The molecule has 144 valence electrons. The van der Waals surface area contributed by atoms with Gasteiger partial charge in [0, 0.05) is 24.5 Å². The average molecular weight is 388 g/mol. The number of carbonyl (C=O) groups is 2. The molecule has 0 atom stereocenters. The molecule has 1 amide bonds. The van der Waals surface area contributed by atoms with Crippen molar-refractivity contribution >= 4 is 28.3 Å². The van der Waals surface area contributed by atoms with Gasteiger partial charge in [0.1, 0.15) is 0 Å². The standard InChI is InChI=1S/C20H25N3O3S/c1-3-26-19(25)17-6-4-15(5-7-17)16-8-10-23(11-9-16)13-18-12-21-20(27-18)22-14(2)24/h4-7,12,16H,3,8-11,13H2,1-2H3,(H,21,22,24). The van der Waals surface area contributed by atoms with Gasteiger partial charge in [0.05, 0.1) is 12.2 Å². The second kappa shape index (κ2) is 9.10. The third-order valence-corrected chi connectivity index (χ3v) is 5.59. The van der Waals surface area contributed by atoms with E-state index in [1.165, 1.54) is 23.8 Å². The Bertz CT molecular complexity index is 780. The number of nitrogens with one attached hydrogen (secondary N) is 1. The van der Waals surface area contributed by atoms with Gasteiger partial charge in [-0.1, -0.05) is 12.1 Å². The first kappa shape index (κ1) is 19.5. The summed E-state index contributed by atoms with van der Waals surface area (Å²) < 4.78 is 5.03. The highest BCUT2D eigenvalue weighted by molar-refractivity contribution is 7.15. The number of likely N-dealkylation sites (tertiary alicyclic amines) is 1. The monoisotopic (exact) mass is 387 g/mol. The lowest BCUT2D eigenvalue weighted by Crippen LogP contribution is -2.32. The molecule has 1 aromatic heterocycles. The number of benzene rings is 1. The Labute approximate surface area is 163 Å². The molecular weight excluding hydrogens is 362 g/mol. The first-order chi connectivity index (χ1) is 13.0. The second-order valence-corrected chi connectivity index (χ2v) is 7.82. The fraction of sp³-hybridized carbons (Fsp3) is 0.450. The van der Waals surface area contributed by atoms with Gasteiger partial charge in [0.2, 0.25) is 5.91 Å². The van der Waals surface area contributed by atoms with Gasteiger partial charge in [-0.05, 0) is 56.5 Å². The van der Waals surface area contributed by atoms with Crippen molar-refractivity contribution in [3.63, 3.8) is 0 Å². The van der Waals surface area contributed by atoms with Crippen molar-refractivity contribution in [1.29, 1.82) is 0 Å². The number of hydrogen-bond acceptors (Lipinski definition) is 6. The Morgan fingerprint density at radius 2 is 1.96 bits per heavy atom. The van der Waals surface area contributed by atoms with Crippen molar-refractivity contribution in [2.24, 2.45) is 0 Å². The summed E-state index contributed by atoms with van der Waals surface area (Å²) in [5, 5.41) is 3.39. The van der Waals surface area contributed by atoms with E-state index in [0.717, 1.165) is 37.4 Å². The van der Waals surface area contributed by atoms with Crippen molar-refractivity contribution in [3.05, 3.63) is 46.5 Å². The van der Waals surface area contributed by atoms with Crippen LogP contribution in [-0.4, -0.2) is 41.5 Å². The van der Waals surface area contributed by atoms with E-state index in [2.05, 4.69) is 27.3 Å². The number of carbonyl (C=O) groups excluding carboxylic acids is 2. The number of nitrogens with zero attached hydrogens (tertiary/aromatic N) is 2. The first-order valence-electron chi connectivity index (χ1n) is 9.27. The molecule has 1 saturated heterocycles. The highest BCUT2D eigenvalue weighted by atomic mass is 32.1. The Hall–Kier alpha value is -2.25. The third-order valence-electron chi connectivity index (χ3n) is 4.70. The van der Waals surface area contributed by atoms with Crippen LogP contribution >= 0.6 is 11.3 Å². The third kappa shape index (κ3) is 5.37. The zero-order chi connectivity index (χ0) is 19.2. The van der Waals surface area contributed by atoms with Crippen LogP contribution in [0.25, 0.3) is 0 Å². The maximum Gasteiger partial charge on any atom is 0.338 e. The van der Waals surface area contributed by atoms with E-state index in [0.29, 0.717) is 23.2 Å². The first-order valence-corrected chi connectivity index (χ1v) is 10.1. The van der Waals surface area contributed by atoms with Gasteiger partial charge < -0.3 is 10.1 Å². The van der Waals surface area contributed by atoms with Crippen LogP contribution in [0.4, 0.5) is 5.13 Å². The van der Waals surface area contributed by atoms with Gasteiger partial charge in [0.15, 0.2) is 5.13 Å². The van der Waals surface area contributed by atoms with Crippen molar-refractivity contribution in [2.45, 2.75) is 39.2 Å². The zero-order valence-electron chi connectivity index (χ0n) is 15.7. The van der Waals surface area contributed by atoms with Gasteiger partial charge in [-0.3, -0.25) is 9.69 Å². The minimum absolute atomic E-state index is 0.0920. The average Bonchev–Trinajstić information content (AvgIpc) is 3.09. The van der Waals surface area contributed by atoms with Gasteiger partial charge in [-0.15, -0.1) is 11.3 Å². The molecule has 1 aromatic carbocycles. The van der Waals surface area contributed by atoms with Crippen molar-refractivity contribution in [1.82, 2.24) is 9.88 Å². The minimum atomic E-state index is -0.262. The number of amides is 1. The maximum absolute atomic E-state index is 11.8. The summed E-state index contributed by atoms with van der Waals surface area (Å²) in [6, 6.07) is 7.83. The van der Waals surface area contributed by atoms with E-state index in [1.807, 2.05) is 25.3 Å². The second-order valence-electron chi connectivity index (χ2n) is 6.71. The molecule has 0 unspecified atom stereocenters. The van der Waals surface area contributed by atoms with Crippen molar-refractivity contribution in [3.8, 4) is 0 Å². The van der Waals surface area contributed by atoms with Gasteiger partial charge in [-0.25, -0.2) is 9.78 Å². The molecule has 6 nitrogen and oxygen atoms in total. The van der Waals surface area contributed by atoms with Crippen molar-refractivity contribution in [2.75, 3.05) is 25.0 Å². The molecule has 0 radical (unpaired) electrons. The lowest BCUT2D eigenvalue weighted by molar-refractivity contribution is -0.114. The van der Waals surface area contributed by atoms with E-state index in [-0.39, 0.29) is 11.9 Å². The molecule has 1 N–H and O–H groups in total. The van der Waals surface area contributed by atoms with Crippen LogP contribution in [0.1, 0.15) is 53.4 Å². The fourth-order valence-corrected chi connectivity index (χ4v) is 4.24. The summed E-state index contributed by atoms with van der Waals surface area (Å²) in [6.45, 7) is 6.62. The van der Waals surface area contributed by atoms with E-state index in [4.69, 9.17) is 4.74 Å². The number of aromatic nitrogens is 1. The molecular formula is C20H25N3O3S. The summed E-state index contributed by atoms with van der Waals surface area (Å²) in [6.07, 6.45) is 4.03. The predicted molar refractivity (Wildman–Crippen MR) is 106 cm³/mol. The van der Waals surface area contributed by atoms with Crippen LogP contribution in [-0.2, 0) is 16.1 Å². The Morgan fingerprint density at radius 3 is 2.59 bits per heavy atom. The van der Waals surface area contributed by atoms with Crippen LogP contribution in [0, 0.1) is 0 Å². The molecule has 3 rings (SSSR count). The van der Waals surface area contributed by atoms with Gasteiger partial charge in [-0.2, -0.15) is 0 Å². The number of hydrogen-bond donors (Lipinski definition) is 1. The van der Waals surface area contributed by atoms with Crippen LogP contribution in [0.5, 0.6) is 0 Å². The van der Waals surface area contributed by atoms with E-state index in [1.54, 1.807) is 0 Å². The number of thiazole rings is 1. The van der Waals surface area contributed by atoms with Crippen LogP contribution in [0.2, 0.25) is 0 Å². The van der Waals surface area contributed by atoms with E-state index in [9.17, 15) is 9.59 Å². The lowest BCUT2D eigenvalue weighted by Gasteiger charge is -2.31. The summed E-state index contributed by atoms with van der Waals surface area (Å²) in [5.74, 6) is 0.168. The normalized spacial score (nSPS) is 15.5. The van der Waals surface area contributed by atoms with Gasteiger partial charge in [0.25, 0.3) is 0 Å². The SMILES string of the molecule is CCOC(=O)c1ccc(C2CCN(Cc3cnc(NC(C)=O)s3)CC2)cc1. The largest absolute Gasteiger partial charge is 0.462 e.